The molecule has 92 valence electrons. The first-order chi connectivity index (χ1) is 8.69. The molecule has 1 aliphatic rings. The van der Waals surface area contributed by atoms with E-state index in [1.807, 2.05) is 11.8 Å². The summed E-state index contributed by atoms with van der Waals surface area (Å²) >= 11 is 0. The zero-order valence-electron chi connectivity index (χ0n) is 10.3. The van der Waals surface area contributed by atoms with Gasteiger partial charge in [-0.15, -0.1) is 0 Å². The van der Waals surface area contributed by atoms with Gasteiger partial charge in [-0.3, -0.25) is 4.90 Å². The summed E-state index contributed by atoms with van der Waals surface area (Å²) in [5.41, 5.74) is 1.83. The third kappa shape index (κ3) is 3.06. The van der Waals surface area contributed by atoms with Crippen molar-refractivity contribution in [3.63, 3.8) is 0 Å². The Morgan fingerprint density at radius 1 is 1.56 bits per heavy atom. The molecule has 0 spiro atoms. The van der Waals surface area contributed by atoms with E-state index in [1.165, 1.54) is 0 Å². The molecule has 1 unspecified atom stereocenters. The van der Waals surface area contributed by atoms with Crippen molar-refractivity contribution < 1.29 is 4.39 Å². The van der Waals surface area contributed by atoms with Crippen LogP contribution in [0.4, 0.5) is 4.39 Å². The molecule has 0 radical (unpaired) electrons. The van der Waals surface area contributed by atoms with Crippen LogP contribution >= 0.6 is 0 Å². The van der Waals surface area contributed by atoms with Gasteiger partial charge in [0.15, 0.2) is 0 Å². The second kappa shape index (κ2) is 5.62. The summed E-state index contributed by atoms with van der Waals surface area (Å²) < 4.78 is 13.0. The number of nitrogens with zero attached hydrogens (tertiary/aromatic N) is 3. The number of hydrogen-bond donors (Lipinski definition) is 0. The molecule has 2 rings (SSSR count). The number of pyridine rings is 1. The average molecular weight is 243 g/mol. The first-order valence-corrected chi connectivity index (χ1v) is 5.92. The van der Waals surface area contributed by atoms with Gasteiger partial charge < -0.3 is 0 Å². The van der Waals surface area contributed by atoms with Crippen LogP contribution in [0.15, 0.2) is 12.1 Å². The summed E-state index contributed by atoms with van der Waals surface area (Å²) in [6, 6.07) is 5.58. The smallest absolute Gasteiger partial charge is 0.131 e. The van der Waals surface area contributed by atoms with Crippen molar-refractivity contribution in [1.29, 1.82) is 5.26 Å². The van der Waals surface area contributed by atoms with E-state index in [4.69, 9.17) is 5.26 Å². The number of alkyl halides is 1. The number of likely N-dealkylation sites (tertiary alicyclic amines) is 1. The van der Waals surface area contributed by atoms with Crippen molar-refractivity contribution >= 4 is 0 Å². The number of aryl methyl sites for hydroxylation is 1. The van der Waals surface area contributed by atoms with E-state index in [1.54, 1.807) is 12.1 Å². The Bertz CT molecular complexity index is 536. The first kappa shape index (κ1) is 12.5. The third-order valence-electron chi connectivity index (χ3n) is 2.88. The summed E-state index contributed by atoms with van der Waals surface area (Å²) in [7, 11) is 0. The number of hydrogen-bond acceptors (Lipinski definition) is 3. The minimum Gasteiger partial charge on any atom is -0.289 e. The first-order valence-electron chi connectivity index (χ1n) is 5.92. The highest BCUT2D eigenvalue weighted by molar-refractivity contribution is 5.44. The Hall–Kier alpha value is -1.91. The van der Waals surface area contributed by atoms with Crippen LogP contribution in [-0.4, -0.2) is 35.7 Å². The molecule has 0 amide bonds. The fourth-order valence-electron chi connectivity index (χ4n) is 1.91. The molecule has 4 heteroatoms. The van der Waals surface area contributed by atoms with Gasteiger partial charge >= 0.3 is 0 Å². The Morgan fingerprint density at radius 2 is 2.39 bits per heavy atom. The summed E-state index contributed by atoms with van der Waals surface area (Å²) in [4.78, 5) is 6.21. The van der Waals surface area contributed by atoms with Crippen LogP contribution in [0.5, 0.6) is 0 Å². The average Bonchev–Trinajstić information content (AvgIpc) is 2.75. The summed E-state index contributed by atoms with van der Waals surface area (Å²) in [5, 5.41) is 8.94. The minimum atomic E-state index is -0.724. The van der Waals surface area contributed by atoms with Crippen LogP contribution < -0.4 is 0 Å². The molecule has 18 heavy (non-hydrogen) atoms. The molecule has 1 aromatic rings. The number of aromatic nitrogens is 1. The Kier molecular flexibility index (Phi) is 3.92. The second-order valence-electron chi connectivity index (χ2n) is 4.38. The number of rotatable bonds is 1. The fourth-order valence-corrected chi connectivity index (χ4v) is 1.91. The Labute approximate surface area is 106 Å². The maximum atomic E-state index is 13.0. The van der Waals surface area contributed by atoms with E-state index in [-0.39, 0.29) is 0 Å². The van der Waals surface area contributed by atoms with Gasteiger partial charge in [-0.1, -0.05) is 5.92 Å². The SMILES string of the molecule is Cc1ccc(C#N)c(C#CCN2CCC(F)C2)n1. The normalized spacial score (nSPS) is 19.1. The maximum Gasteiger partial charge on any atom is 0.131 e. The van der Waals surface area contributed by atoms with Gasteiger partial charge in [0.2, 0.25) is 0 Å². The third-order valence-corrected chi connectivity index (χ3v) is 2.88. The molecule has 0 saturated carbocycles. The second-order valence-corrected chi connectivity index (χ2v) is 4.38. The zero-order chi connectivity index (χ0) is 13.0. The molecule has 1 saturated heterocycles. The molecule has 1 aliphatic heterocycles. The lowest BCUT2D eigenvalue weighted by molar-refractivity contribution is 0.308. The van der Waals surface area contributed by atoms with E-state index >= 15 is 0 Å². The zero-order valence-corrected chi connectivity index (χ0v) is 10.3. The van der Waals surface area contributed by atoms with Crippen LogP contribution in [-0.2, 0) is 0 Å². The van der Waals surface area contributed by atoms with Crippen molar-refractivity contribution in [1.82, 2.24) is 9.88 Å². The molecule has 0 aromatic carbocycles. The molecule has 0 bridgehead atoms. The predicted molar refractivity (Wildman–Crippen MR) is 66.5 cm³/mol. The number of halogens is 1. The molecule has 0 aliphatic carbocycles. The maximum absolute atomic E-state index is 13.0. The lowest BCUT2D eigenvalue weighted by Gasteiger charge is -2.08. The number of nitriles is 1. The summed E-state index contributed by atoms with van der Waals surface area (Å²) in [5.74, 6) is 5.86. The summed E-state index contributed by atoms with van der Waals surface area (Å²) in [6.45, 7) is 3.60. The van der Waals surface area contributed by atoms with Gasteiger partial charge in [0.1, 0.15) is 17.9 Å². The largest absolute Gasteiger partial charge is 0.289 e. The van der Waals surface area contributed by atoms with Crippen LogP contribution in [0, 0.1) is 30.1 Å². The molecule has 3 nitrogen and oxygen atoms in total. The highest BCUT2D eigenvalue weighted by Gasteiger charge is 2.20. The van der Waals surface area contributed by atoms with Gasteiger partial charge in [0.25, 0.3) is 0 Å². The van der Waals surface area contributed by atoms with Gasteiger partial charge in [-0.25, -0.2) is 9.37 Å². The lowest BCUT2D eigenvalue weighted by atomic mass is 10.2. The van der Waals surface area contributed by atoms with Crippen molar-refractivity contribution in [2.75, 3.05) is 19.6 Å². The molecule has 1 aromatic heterocycles. The van der Waals surface area contributed by atoms with E-state index < -0.39 is 6.17 Å². The van der Waals surface area contributed by atoms with Gasteiger partial charge in [-0.05, 0) is 31.4 Å². The molecular formula is C14H14FN3. The highest BCUT2D eigenvalue weighted by Crippen LogP contribution is 2.11. The van der Waals surface area contributed by atoms with Crippen LogP contribution in [0.2, 0.25) is 0 Å². The van der Waals surface area contributed by atoms with Gasteiger partial charge in [0, 0.05) is 18.8 Å². The molecule has 0 N–H and O–H groups in total. The van der Waals surface area contributed by atoms with E-state index in [9.17, 15) is 4.39 Å². The van der Waals surface area contributed by atoms with Crippen molar-refractivity contribution in [3.05, 3.63) is 29.1 Å². The predicted octanol–water partition coefficient (Wildman–Crippen LogP) is 1.66. The van der Waals surface area contributed by atoms with Crippen molar-refractivity contribution in [3.8, 4) is 17.9 Å². The van der Waals surface area contributed by atoms with E-state index in [0.717, 1.165) is 12.2 Å². The van der Waals surface area contributed by atoms with Crippen molar-refractivity contribution in [2.24, 2.45) is 0 Å². The monoisotopic (exact) mass is 243 g/mol. The van der Waals surface area contributed by atoms with E-state index in [0.29, 0.717) is 30.8 Å². The molecule has 1 atom stereocenters. The molecule has 1 fully saturated rings. The Balaban J connectivity index is 2.06. The van der Waals surface area contributed by atoms with Gasteiger partial charge in [-0.2, -0.15) is 5.26 Å². The van der Waals surface area contributed by atoms with Gasteiger partial charge in [0.05, 0.1) is 12.1 Å². The quantitative estimate of drug-likeness (QED) is 0.704. The van der Waals surface area contributed by atoms with Crippen molar-refractivity contribution in [2.45, 2.75) is 19.5 Å². The van der Waals surface area contributed by atoms with Crippen LogP contribution in [0.3, 0.4) is 0 Å². The highest BCUT2D eigenvalue weighted by atomic mass is 19.1. The minimum absolute atomic E-state index is 0.459. The van der Waals surface area contributed by atoms with Crippen LogP contribution in [0.25, 0.3) is 0 Å². The molecule has 2 heterocycles. The molecular weight excluding hydrogens is 229 g/mol. The van der Waals surface area contributed by atoms with Crippen LogP contribution in [0.1, 0.15) is 23.4 Å². The lowest BCUT2D eigenvalue weighted by Crippen LogP contribution is -2.21. The standard InChI is InChI=1S/C14H14FN3/c1-11-4-5-12(9-16)14(17-11)3-2-7-18-8-6-13(15)10-18/h4-5,13H,6-8,10H2,1H3. The van der Waals surface area contributed by atoms with E-state index in [2.05, 4.69) is 22.9 Å². The summed E-state index contributed by atoms with van der Waals surface area (Å²) in [6.07, 6.45) is -0.132. The fraction of sp³-hybridized carbons (Fsp3) is 0.429. The topological polar surface area (TPSA) is 39.9 Å². The Morgan fingerprint density at radius 3 is 3.06 bits per heavy atom.